The average Bonchev–Trinajstić information content (AvgIpc) is 2.45. The highest BCUT2D eigenvalue weighted by molar-refractivity contribution is 9.12. The molecule has 0 spiro atoms. The van der Waals surface area contributed by atoms with Crippen molar-refractivity contribution in [2.45, 2.75) is 30.4 Å². The van der Waals surface area contributed by atoms with Crippen LogP contribution in [-0.2, 0) is 0 Å². The maximum absolute atomic E-state index is 12.8. The van der Waals surface area contributed by atoms with Crippen molar-refractivity contribution in [2.24, 2.45) is 0 Å². The van der Waals surface area contributed by atoms with Crippen LogP contribution < -0.4 is 0 Å². The van der Waals surface area contributed by atoms with Gasteiger partial charge in [-0.1, -0.05) is 79.9 Å². The van der Waals surface area contributed by atoms with Crippen LogP contribution in [0.5, 0.6) is 0 Å². The Labute approximate surface area is 143 Å². The second-order valence-corrected chi connectivity index (χ2v) is 7.33. The van der Waals surface area contributed by atoms with Gasteiger partial charge in [-0.25, -0.2) is 0 Å². The van der Waals surface area contributed by atoms with Crippen molar-refractivity contribution in [3.63, 3.8) is 0 Å². The van der Waals surface area contributed by atoms with Crippen LogP contribution in [0, 0.1) is 20.8 Å². The van der Waals surface area contributed by atoms with Crippen LogP contribution in [0.2, 0.25) is 0 Å². The van der Waals surface area contributed by atoms with Crippen molar-refractivity contribution in [3.8, 4) is 0 Å². The summed E-state index contributed by atoms with van der Waals surface area (Å²) in [6.07, 6.45) is 0. The standard InChI is InChI=1S/C18H18Br2O/c1-11-9-12(2)15(13(3)10-11)18(21)17(20)16(19)14-7-5-4-6-8-14/h4-10,16-17H,1-3H3/t16-,17-/m1/s1. The Morgan fingerprint density at radius 1 is 0.952 bits per heavy atom. The predicted octanol–water partition coefficient (Wildman–Crippen LogP) is 5.69. The number of carbonyl (C=O) groups excluding carboxylic acids is 1. The first-order valence-corrected chi connectivity index (χ1v) is 8.70. The molecule has 0 aliphatic rings. The van der Waals surface area contributed by atoms with Gasteiger partial charge in [-0.3, -0.25) is 4.79 Å². The van der Waals surface area contributed by atoms with Crippen LogP contribution in [0.4, 0.5) is 0 Å². The summed E-state index contributed by atoms with van der Waals surface area (Å²) in [5.74, 6) is 0.121. The lowest BCUT2D eigenvalue weighted by molar-refractivity contribution is 0.0989. The molecule has 2 rings (SSSR count). The van der Waals surface area contributed by atoms with E-state index in [1.807, 2.05) is 44.2 Å². The fourth-order valence-electron chi connectivity index (χ4n) is 2.65. The van der Waals surface area contributed by atoms with Crippen molar-refractivity contribution in [2.75, 3.05) is 0 Å². The Morgan fingerprint density at radius 2 is 1.48 bits per heavy atom. The zero-order chi connectivity index (χ0) is 15.6. The molecule has 0 heterocycles. The third-order valence-corrected chi connectivity index (χ3v) is 6.26. The number of alkyl halides is 2. The largest absolute Gasteiger partial charge is 0.293 e. The summed E-state index contributed by atoms with van der Waals surface area (Å²) in [6, 6.07) is 14.1. The van der Waals surface area contributed by atoms with E-state index in [4.69, 9.17) is 0 Å². The van der Waals surface area contributed by atoms with Crippen molar-refractivity contribution < 1.29 is 4.79 Å². The minimum Gasteiger partial charge on any atom is -0.293 e. The monoisotopic (exact) mass is 408 g/mol. The van der Waals surface area contributed by atoms with Crippen LogP contribution in [0.3, 0.4) is 0 Å². The molecule has 0 bridgehead atoms. The molecule has 0 radical (unpaired) electrons. The highest BCUT2D eigenvalue weighted by Crippen LogP contribution is 2.34. The third-order valence-electron chi connectivity index (χ3n) is 3.55. The topological polar surface area (TPSA) is 17.1 Å². The Balaban J connectivity index is 2.32. The minimum atomic E-state index is -0.292. The summed E-state index contributed by atoms with van der Waals surface area (Å²) in [6.45, 7) is 6.05. The van der Waals surface area contributed by atoms with E-state index in [-0.39, 0.29) is 15.4 Å². The van der Waals surface area contributed by atoms with Gasteiger partial charge in [0, 0.05) is 5.56 Å². The van der Waals surface area contributed by atoms with Gasteiger partial charge in [-0.2, -0.15) is 0 Å². The first-order chi connectivity index (χ1) is 9.91. The maximum Gasteiger partial charge on any atom is 0.178 e. The Morgan fingerprint density at radius 3 is 2.00 bits per heavy atom. The number of hydrogen-bond donors (Lipinski definition) is 0. The fraction of sp³-hybridized carbons (Fsp3) is 0.278. The molecule has 0 saturated carbocycles. The Kier molecular flexibility index (Phi) is 5.39. The quantitative estimate of drug-likeness (QED) is 0.467. The van der Waals surface area contributed by atoms with Gasteiger partial charge in [0.25, 0.3) is 0 Å². The zero-order valence-electron chi connectivity index (χ0n) is 12.4. The van der Waals surface area contributed by atoms with E-state index in [1.54, 1.807) is 0 Å². The van der Waals surface area contributed by atoms with Crippen molar-refractivity contribution in [1.82, 2.24) is 0 Å². The molecule has 0 aliphatic carbocycles. The van der Waals surface area contributed by atoms with Gasteiger partial charge in [0.15, 0.2) is 5.78 Å². The van der Waals surface area contributed by atoms with Crippen LogP contribution in [-0.4, -0.2) is 10.6 Å². The molecular formula is C18H18Br2O. The number of halogens is 2. The minimum absolute atomic E-state index is 0.0497. The van der Waals surface area contributed by atoms with Crippen LogP contribution in [0.1, 0.15) is 37.4 Å². The van der Waals surface area contributed by atoms with Crippen molar-refractivity contribution >= 4 is 37.6 Å². The van der Waals surface area contributed by atoms with Gasteiger partial charge in [0.05, 0.1) is 9.65 Å². The van der Waals surface area contributed by atoms with Gasteiger partial charge >= 0.3 is 0 Å². The fourth-order valence-corrected chi connectivity index (χ4v) is 3.72. The smallest absolute Gasteiger partial charge is 0.178 e. The summed E-state index contributed by atoms with van der Waals surface area (Å²) in [4.78, 5) is 12.5. The second kappa shape index (κ2) is 6.89. The van der Waals surface area contributed by atoms with Gasteiger partial charge < -0.3 is 0 Å². The van der Waals surface area contributed by atoms with E-state index in [2.05, 4.69) is 50.9 Å². The van der Waals surface area contributed by atoms with E-state index in [1.165, 1.54) is 5.56 Å². The van der Waals surface area contributed by atoms with Crippen LogP contribution in [0.25, 0.3) is 0 Å². The molecule has 110 valence electrons. The summed E-state index contributed by atoms with van der Waals surface area (Å²) in [5.41, 5.74) is 5.17. The molecule has 0 N–H and O–H groups in total. The molecule has 0 aromatic heterocycles. The molecule has 0 fully saturated rings. The summed E-state index contributed by atoms with van der Waals surface area (Å²) in [5, 5.41) is 0. The number of benzene rings is 2. The lowest BCUT2D eigenvalue weighted by Gasteiger charge is -2.19. The Hall–Kier alpha value is -0.930. The number of hydrogen-bond acceptors (Lipinski definition) is 1. The van der Waals surface area contributed by atoms with Gasteiger partial charge in [0.2, 0.25) is 0 Å². The number of carbonyl (C=O) groups is 1. The molecule has 3 heteroatoms. The van der Waals surface area contributed by atoms with Gasteiger partial charge in [0.1, 0.15) is 0 Å². The highest BCUT2D eigenvalue weighted by atomic mass is 79.9. The second-order valence-electron chi connectivity index (χ2n) is 5.35. The molecule has 0 saturated heterocycles. The van der Waals surface area contributed by atoms with Crippen LogP contribution in [0.15, 0.2) is 42.5 Å². The molecule has 2 atom stereocenters. The molecule has 2 aromatic rings. The van der Waals surface area contributed by atoms with Crippen molar-refractivity contribution in [3.05, 3.63) is 70.3 Å². The van der Waals surface area contributed by atoms with E-state index in [0.717, 1.165) is 22.3 Å². The van der Waals surface area contributed by atoms with E-state index in [9.17, 15) is 4.79 Å². The molecule has 21 heavy (non-hydrogen) atoms. The number of rotatable bonds is 4. The SMILES string of the molecule is Cc1cc(C)c(C(=O)[C@H](Br)[C@H](Br)c2ccccc2)c(C)c1. The molecule has 1 nitrogen and oxygen atoms in total. The number of Topliss-reactive ketones (excluding diaryl/α,β-unsaturated/α-hetero) is 1. The summed E-state index contributed by atoms with van der Waals surface area (Å²) >= 11 is 7.22. The van der Waals surface area contributed by atoms with Crippen LogP contribution >= 0.6 is 31.9 Å². The number of ketones is 1. The van der Waals surface area contributed by atoms with Gasteiger partial charge in [-0.15, -0.1) is 0 Å². The highest BCUT2D eigenvalue weighted by Gasteiger charge is 2.27. The first kappa shape index (κ1) is 16.4. The number of aryl methyl sites for hydroxylation is 3. The third kappa shape index (κ3) is 3.64. The zero-order valence-corrected chi connectivity index (χ0v) is 15.5. The lowest BCUT2D eigenvalue weighted by atomic mass is 9.93. The molecule has 0 unspecified atom stereocenters. The first-order valence-electron chi connectivity index (χ1n) is 6.87. The molecular weight excluding hydrogens is 392 g/mol. The van der Waals surface area contributed by atoms with Gasteiger partial charge in [-0.05, 0) is 37.5 Å². The molecule has 0 amide bonds. The van der Waals surface area contributed by atoms with E-state index < -0.39 is 0 Å². The average molecular weight is 410 g/mol. The normalized spacial score (nSPS) is 13.8. The predicted molar refractivity (Wildman–Crippen MR) is 95.8 cm³/mol. The van der Waals surface area contributed by atoms with Crippen molar-refractivity contribution in [1.29, 1.82) is 0 Å². The lowest BCUT2D eigenvalue weighted by Crippen LogP contribution is -2.21. The maximum atomic E-state index is 12.8. The molecule has 2 aromatic carbocycles. The summed E-state index contributed by atoms with van der Waals surface area (Å²) < 4.78 is 0. The summed E-state index contributed by atoms with van der Waals surface area (Å²) in [7, 11) is 0. The van der Waals surface area contributed by atoms with E-state index in [0.29, 0.717) is 0 Å². The van der Waals surface area contributed by atoms with E-state index >= 15 is 0 Å². The molecule has 0 aliphatic heterocycles. The Bertz CT molecular complexity index is 627.